The first-order chi connectivity index (χ1) is 33.7. The van der Waals surface area contributed by atoms with Gasteiger partial charge >= 0.3 is 0 Å². The average molecular weight is 869 g/mol. The lowest BCUT2D eigenvalue weighted by molar-refractivity contribution is 1.28. The van der Waals surface area contributed by atoms with Crippen LogP contribution < -0.4 is 9.80 Å². The molecule has 0 fully saturated rings. The number of hydrogen-bond donors (Lipinski definition) is 0. The molecule has 11 aromatic carbocycles. The summed E-state index contributed by atoms with van der Waals surface area (Å²) in [6.45, 7) is 0. The SMILES string of the molecule is c1ccc(-c2ccc(N(c3ccc(-c4ccccc4)cc3)c3cccc(-c4ccc(-c5ccccc5)c(N(c5ccc(-c6ccccc6)cc5)c5ccc(-c6ccccc6)cc5)c4)c3)cc2)cc1. The number of anilines is 6. The van der Waals surface area contributed by atoms with E-state index in [0.29, 0.717) is 0 Å². The molecule has 2 heteroatoms. The van der Waals surface area contributed by atoms with E-state index in [2.05, 4.69) is 301 Å². The molecule has 0 aromatic heterocycles. The highest BCUT2D eigenvalue weighted by atomic mass is 15.1. The molecule has 0 saturated heterocycles. The second kappa shape index (κ2) is 19.2. The van der Waals surface area contributed by atoms with Gasteiger partial charge in [0.1, 0.15) is 0 Å². The van der Waals surface area contributed by atoms with Crippen molar-refractivity contribution >= 4 is 34.1 Å². The molecule has 2 nitrogen and oxygen atoms in total. The summed E-state index contributed by atoms with van der Waals surface area (Å²) in [5.74, 6) is 0. The predicted octanol–water partition coefficient (Wildman–Crippen LogP) is 18.6. The third-order valence-electron chi connectivity index (χ3n) is 12.7. The van der Waals surface area contributed by atoms with Gasteiger partial charge in [0.05, 0.1) is 5.69 Å². The van der Waals surface area contributed by atoms with Crippen molar-refractivity contribution in [2.45, 2.75) is 0 Å². The van der Waals surface area contributed by atoms with Crippen molar-refractivity contribution in [2.24, 2.45) is 0 Å². The van der Waals surface area contributed by atoms with Gasteiger partial charge in [0, 0.05) is 34.0 Å². The molecule has 0 heterocycles. The Balaban J connectivity index is 1.04. The normalized spacial score (nSPS) is 10.9. The van der Waals surface area contributed by atoms with Crippen LogP contribution in [0.3, 0.4) is 0 Å². The summed E-state index contributed by atoms with van der Waals surface area (Å²) < 4.78 is 0. The van der Waals surface area contributed by atoms with E-state index in [1.165, 1.54) is 44.5 Å². The van der Waals surface area contributed by atoms with Crippen molar-refractivity contribution in [3.05, 3.63) is 291 Å². The van der Waals surface area contributed by atoms with Crippen LogP contribution in [0.25, 0.3) is 66.8 Å². The van der Waals surface area contributed by atoms with Gasteiger partial charge in [0.2, 0.25) is 0 Å². The molecule has 0 aliphatic carbocycles. The first-order valence-corrected chi connectivity index (χ1v) is 23.2. The Hall–Kier alpha value is -8.98. The molecule has 0 N–H and O–H groups in total. The first-order valence-electron chi connectivity index (χ1n) is 23.2. The summed E-state index contributed by atoms with van der Waals surface area (Å²) in [4.78, 5) is 4.77. The van der Waals surface area contributed by atoms with Crippen molar-refractivity contribution in [1.29, 1.82) is 0 Å². The molecule has 68 heavy (non-hydrogen) atoms. The zero-order valence-corrected chi connectivity index (χ0v) is 37.6. The van der Waals surface area contributed by atoms with Crippen LogP contribution in [0.15, 0.2) is 291 Å². The van der Waals surface area contributed by atoms with Crippen molar-refractivity contribution in [1.82, 2.24) is 0 Å². The fourth-order valence-corrected chi connectivity index (χ4v) is 9.19. The van der Waals surface area contributed by atoms with Crippen LogP contribution in [0.1, 0.15) is 0 Å². The summed E-state index contributed by atoms with van der Waals surface area (Å²) in [6.07, 6.45) is 0. The van der Waals surface area contributed by atoms with Gasteiger partial charge in [-0.3, -0.25) is 0 Å². The third-order valence-corrected chi connectivity index (χ3v) is 12.7. The molecule has 0 saturated carbocycles. The molecule has 0 bridgehead atoms. The standard InChI is InChI=1S/C66H48N2/c1-6-17-49(18-7-1)53-29-38-60(39-30-53)67(61-40-31-54(32-41-61)50-19-8-2-9-20-50)64-28-16-27-58(47-64)59-37-46-65(57-25-14-5-15-26-57)66(48-59)68(62-42-33-55(34-43-62)51-21-10-3-11-22-51)63-44-35-56(36-45-63)52-23-12-4-13-24-52/h1-48H. The van der Waals surface area contributed by atoms with E-state index in [1.54, 1.807) is 0 Å². The smallest absolute Gasteiger partial charge is 0.0546 e. The number of hydrogen-bond acceptors (Lipinski definition) is 2. The van der Waals surface area contributed by atoms with Crippen LogP contribution in [0.2, 0.25) is 0 Å². The minimum atomic E-state index is 1.07. The van der Waals surface area contributed by atoms with Crippen LogP contribution >= 0.6 is 0 Å². The highest BCUT2D eigenvalue weighted by molar-refractivity contribution is 5.92. The van der Waals surface area contributed by atoms with Gasteiger partial charge in [-0.1, -0.05) is 224 Å². The zero-order valence-electron chi connectivity index (χ0n) is 37.6. The van der Waals surface area contributed by atoms with E-state index < -0.39 is 0 Å². The number of benzene rings is 11. The van der Waals surface area contributed by atoms with Gasteiger partial charge in [0.25, 0.3) is 0 Å². The van der Waals surface area contributed by atoms with Gasteiger partial charge < -0.3 is 9.80 Å². The fourth-order valence-electron chi connectivity index (χ4n) is 9.19. The second-order valence-corrected chi connectivity index (χ2v) is 17.0. The Morgan fingerprint density at radius 1 is 0.162 bits per heavy atom. The Morgan fingerprint density at radius 2 is 0.441 bits per heavy atom. The van der Waals surface area contributed by atoms with Crippen molar-refractivity contribution in [2.75, 3.05) is 9.80 Å². The summed E-state index contributed by atoms with van der Waals surface area (Å²) in [7, 11) is 0. The summed E-state index contributed by atoms with van der Waals surface area (Å²) in [5, 5.41) is 0. The van der Waals surface area contributed by atoms with E-state index in [1.807, 2.05) is 0 Å². The highest BCUT2D eigenvalue weighted by Crippen LogP contribution is 2.45. The number of nitrogens with zero attached hydrogens (tertiary/aromatic N) is 2. The van der Waals surface area contributed by atoms with Crippen LogP contribution in [-0.4, -0.2) is 0 Å². The Labute approximate surface area is 400 Å². The van der Waals surface area contributed by atoms with Crippen molar-refractivity contribution < 1.29 is 0 Å². The van der Waals surface area contributed by atoms with Crippen LogP contribution in [0.5, 0.6) is 0 Å². The largest absolute Gasteiger partial charge is 0.310 e. The molecule has 0 aliphatic rings. The molecule has 0 radical (unpaired) electrons. The van der Waals surface area contributed by atoms with E-state index in [9.17, 15) is 0 Å². The van der Waals surface area contributed by atoms with Gasteiger partial charge in [0.15, 0.2) is 0 Å². The monoisotopic (exact) mass is 868 g/mol. The second-order valence-electron chi connectivity index (χ2n) is 17.0. The van der Waals surface area contributed by atoms with E-state index >= 15 is 0 Å². The molecule has 11 rings (SSSR count). The molecule has 0 spiro atoms. The lowest BCUT2D eigenvalue weighted by Crippen LogP contribution is -2.11. The highest BCUT2D eigenvalue weighted by Gasteiger charge is 2.20. The van der Waals surface area contributed by atoms with Crippen LogP contribution in [0.4, 0.5) is 34.1 Å². The quantitative estimate of drug-likeness (QED) is 0.121. The Bertz CT molecular complexity index is 3210. The molecular formula is C66H48N2. The lowest BCUT2D eigenvalue weighted by atomic mass is 9.96. The average Bonchev–Trinajstić information content (AvgIpc) is 3.43. The van der Waals surface area contributed by atoms with E-state index in [4.69, 9.17) is 0 Å². The Kier molecular flexibility index (Phi) is 11.8. The molecule has 0 amide bonds. The summed E-state index contributed by atoms with van der Waals surface area (Å²) in [6, 6.07) is 105. The molecule has 0 unspecified atom stereocenters. The van der Waals surface area contributed by atoms with Crippen LogP contribution in [0, 0.1) is 0 Å². The zero-order chi connectivity index (χ0) is 45.5. The maximum absolute atomic E-state index is 2.41. The lowest BCUT2D eigenvalue weighted by Gasteiger charge is -2.29. The molecular weight excluding hydrogens is 821 g/mol. The molecule has 11 aromatic rings. The minimum Gasteiger partial charge on any atom is -0.310 e. The topological polar surface area (TPSA) is 6.48 Å². The molecule has 0 aliphatic heterocycles. The maximum atomic E-state index is 2.41. The maximum Gasteiger partial charge on any atom is 0.0546 e. The molecule has 0 atom stereocenters. The van der Waals surface area contributed by atoms with Crippen molar-refractivity contribution in [3.63, 3.8) is 0 Å². The van der Waals surface area contributed by atoms with Gasteiger partial charge in [-0.05, 0) is 128 Å². The minimum absolute atomic E-state index is 1.07. The third kappa shape index (κ3) is 8.87. The summed E-state index contributed by atoms with van der Waals surface area (Å²) >= 11 is 0. The molecule has 322 valence electrons. The first kappa shape index (κ1) is 41.7. The van der Waals surface area contributed by atoms with Gasteiger partial charge in [-0.15, -0.1) is 0 Å². The predicted molar refractivity (Wildman–Crippen MR) is 288 cm³/mol. The van der Waals surface area contributed by atoms with E-state index in [-0.39, 0.29) is 0 Å². The van der Waals surface area contributed by atoms with E-state index in [0.717, 1.165) is 56.4 Å². The Morgan fingerprint density at radius 3 is 0.809 bits per heavy atom. The fraction of sp³-hybridized carbons (Fsp3) is 0. The van der Waals surface area contributed by atoms with Gasteiger partial charge in [-0.25, -0.2) is 0 Å². The van der Waals surface area contributed by atoms with Crippen molar-refractivity contribution in [3.8, 4) is 66.8 Å². The summed E-state index contributed by atoms with van der Waals surface area (Å²) in [5.41, 5.74) is 20.5. The van der Waals surface area contributed by atoms with Crippen LogP contribution in [-0.2, 0) is 0 Å². The number of rotatable bonds is 12. The van der Waals surface area contributed by atoms with Gasteiger partial charge in [-0.2, -0.15) is 0 Å².